The zero-order valence-electron chi connectivity index (χ0n) is 15.1. The molecular weight excluding hydrogens is 292 g/mol. The van der Waals surface area contributed by atoms with E-state index in [9.17, 15) is 9.59 Å². The molecule has 1 aromatic rings. The van der Waals surface area contributed by atoms with Gasteiger partial charge in [0.1, 0.15) is 5.78 Å². The fourth-order valence-electron chi connectivity index (χ4n) is 2.27. The normalized spacial score (nSPS) is 11.2. The fraction of sp³-hybridized carbons (Fsp3) is 0.579. The molecule has 0 aliphatic heterocycles. The summed E-state index contributed by atoms with van der Waals surface area (Å²) in [5.74, 6) is 0.961. The maximum Gasteiger partial charge on any atom is 0.170 e. The van der Waals surface area contributed by atoms with E-state index in [0.29, 0.717) is 17.1 Å². The summed E-state index contributed by atoms with van der Waals surface area (Å²) in [6, 6.07) is 3.49. The molecule has 0 amide bonds. The van der Waals surface area contributed by atoms with Gasteiger partial charge >= 0.3 is 0 Å². The van der Waals surface area contributed by atoms with Gasteiger partial charge in [0.05, 0.1) is 20.6 Å². The van der Waals surface area contributed by atoms with Gasteiger partial charge in [0.25, 0.3) is 0 Å². The average molecular weight is 320 g/mol. The van der Waals surface area contributed by atoms with Gasteiger partial charge in [0.15, 0.2) is 17.3 Å². The van der Waals surface area contributed by atoms with Crippen molar-refractivity contribution >= 4 is 11.6 Å². The Kier molecular flexibility index (Phi) is 6.79. The number of benzene rings is 1. The molecule has 0 atom stereocenters. The van der Waals surface area contributed by atoms with E-state index < -0.39 is 5.41 Å². The monoisotopic (exact) mass is 320 g/mol. The van der Waals surface area contributed by atoms with Crippen molar-refractivity contribution in [2.24, 2.45) is 5.41 Å². The average Bonchev–Trinajstić information content (AvgIpc) is 2.50. The summed E-state index contributed by atoms with van der Waals surface area (Å²) < 4.78 is 10.8. The van der Waals surface area contributed by atoms with Crippen molar-refractivity contribution < 1.29 is 19.1 Å². The summed E-state index contributed by atoms with van der Waals surface area (Å²) in [5, 5.41) is 0. The van der Waals surface area contributed by atoms with Crippen LogP contribution in [0.3, 0.4) is 0 Å². The summed E-state index contributed by atoms with van der Waals surface area (Å²) in [7, 11) is 3.15. The van der Waals surface area contributed by atoms with Gasteiger partial charge < -0.3 is 9.47 Å². The number of Topliss-reactive ketones (excluding diaryl/α,β-unsaturated/α-hetero) is 2. The maximum absolute atomic E-state index is 12.5. The van der Waals surface area contributed by atoms with Crippen molar-refractivity contribution in [3.8, 4) is 11.5 Å². The van der Waals surface area contributed by atoms with E-state index in [-0.39, 0.29) is 18.0 Å². The molecule has 1 rings (SSSR count). The molecule has 1 aromatic carbocycles. The Bertz CT molecular complexity index is 567. The van der Waals surface area contributed by atoms with E-state index in [2.05, 4.69) is 6.92 Å². The molecule has 0 N–H and O–H groups in total. The van der Waals surface area contributed by atoms with Crippen molar-refractivity contribution in [2.75, 3.05) is 14.2 Å². The van der Waals surface area contributed by atoms with Gasteiger partial charge in [0, 0.05) is 11.0 Å². The predicted molar refractivity (Wildman–Crippen MR) is 91.6 cm³/mol. The predicted octanol–water partition coefficient (Wildman–Crippen LogP) is 4.23. The van der Waals surface area contributed by atoms with Crippen LogP contribution in [0.1, 0.15) is 62.9 Å². The van der Waals surface area contributed by atoms with Crippen molar-refractivity contribution in [3.63, 3.8) is 0 Å². The molecule has 0 aliphatic carbocycles. The van der Waals surface area contributed by atoms with E-state index >= 15 is 0 Å². The Morgan fingerprint density at radius 1 is 1.09 bits per heavy atom. The number of ketones is 2. The van der Waals surface area contributed by atoms with Gasteiger partial charge in [-0.3, -0.25) is 9.59 Å². The number of carbonyl (C=O) groups excluding carboxylic acids is 2. The molecule has 0 fully saturated rings. The third kappa shape index (κ3) is 5.08. The van der Waals surface area contributed by atoms with Crippen LogP contribution < -0.4 is 9.47 Å². The minimum absolute atomic E-state index is 0.0626. The largest absolute Gasteiger partial charge is 0.493 e. The molecular formula is C19H28O4. The van der Waals surface area contributed by atoms with E-state index in [4.69, 9.17) is 9.47 Å². The van der Waals surface area contributed by atoms with Gasteiger partial charge in [-0.15, -0.1) is 0 Å². The third-order valence-corrected chi connectivity index (χ3v) is 3.84. The molecule has 0 saturated heterocycles. The van der Waals surface area contributed by atoms with Crippen molar-refractivity contribution in [1.29, 1.82) is 0 Å². The van der Waals surface area contributed by atoms with Crippen molar-refractivity contribution in [2.45, 2.75) is 53.4 Å². The Morgan fingerprint density at radius 3 is 2.22 bits per heavy atom. The van der Waals surface area contributed by atoms with Gasteiger partial charge in [-0.05, 0) is 30.5 Å². The molecule has 0 radical (unpaired) electrons. The number of aryl methyl sites for hydroxylation is 1. The lowest BCUT2D eigenvalue weighted by molar-refractivity contribution is -0.125. The van der Waals surface area contributed by atoms with Crippen LogP contribution in [0.5, 0.6) is 11.5 Å². The third-order valence-electron chi connectivity index (χ3n) is 3.84. The lowest BCUT2D eigenvalue weighted by Gasteiger charge is -2.17. The second-order valence-corrected chi connectivity index (χ2v) is 6.75. The van der Waals surface area contributed by atoms with E-state index in [0.717, 1.165) is 24.8 Å². The zero-order valence-corrected chi connectivity index (χ0v) is 15.1. The molecule has 0 unspecified atom stereocenters. The van der Waals surface area contributed by atoms with Crippen LogP contribution in [0.15, 0.2) is 12.1 Å². The minimum atomic E-state index is -0.517. The van der Waals surface area contributed by atoms with Gasteiger partial charge in [-0.25, -0.2) is 0 Å². The lowest BCUT2D eigenvalue weighted by atomic mass is 9.86. The number of hydrogen-bond acceptors (Lipinski definition) is 4. The lowest BCUT2D eigenvalue weighted by Crippen LogP contribution is -2.23. The van der Waals surface area contributed by atoms with Crippen LogP contribution in [-0.2, 0) is 11.2 Å². The van der Waals surface area contributed by atoms with Crippen LogP contribution >= 0.6 is 0 Å². The summed E-state index contributed by atoms with van der Waals surface area (Å²) >= 11 is 0. The molecule has 4 nitrogen and oxygen atoms in total. The number of methoxy groups -OCH3 is 2. The molecule has 0 bridgehead atoms. The Balaban J connectivity index is 3.15. The van der Waals surface area contributed by atoms with Gasteiger partial charge in [-0.2, -0.15) is 0 Å². The highest BCUT2D eigenvalue weighted by Gasteiger charge is 2.25. The molecule has 0 aromatic heterocycles. The first-order valence-corrected chi connectivity index (χ1v) is 8.06. The summed E-state index contributed by atoms with van der Waals surface area (Å²) in [6.07, 6.45) is 2.76. The number of unbranched alkanes of at least 4 members (excludes halogenated alkanes) is 1. The first-order valence-electron chi connectivity index (χ1n) is 8.06. The van der Waals surface area contributed by atoms with Crippen LogP contribution in [0.4, 0.5) is 0 Å². The minimum Gasteiger partial charge on any atom is -0.493 e. The van der Waals surface area contributed by atoms with Crippen LogP contribution in [0, 0.1) is 5.41 Å². The molecule has 4 heteroatoms. The van der Waals surface area contributed by atoms with Crippen LogP contribution in [0.25, 0.3) is 0 Å². The SMILES string of the molecule is CCCCc1cc(C(=O)CC(=O)C(C)(C)C)cc(OC)c1OC. The maximum atomic E-state index is 12.5. The molecule has 0 aliphatic rings. The molecule has 0 heterocycles. The van der Waals surface area contributed by atoms with E-state index in [1.807, 2.05) is 26.8 Å². The topological polar surface area (TPSA) is 52.6 Å². The molecule has 128 valence electrons. The smallest absolute Gasteiger partial charge is 0.170 e. The number of hydrogen-bond donors (Lipinski definition) is 0. The second-order valence-electron chi connectivity index (χ2n) is 6.75. The van der Waals surface area contributed by atoms with E-state index in [1.165, 1.54) is 0 Å². The highest BCUT2D eigenvalue weighted by molar-refractivity contribution is 6.09. The Hall–Kier alpha value is -1.84. The number of rotatable bonds is 8. The highest BCUT2D eigenvalue weighted by Crippen LogP contribution is 2.34. The molecule has 0 spiro atoms. The van der Waals surface area contributed by atoms with Crippen molar-refractivity contribution in [1.82, 2.24) is 0 Å². The molecule has 0 saturated carbocycles. The van der Waals surface area contributed by atoms with Gasteiger partial charge in [-0.1, -0.05) is 34.1 Å². The zero-order chi connectivity index (χ0) is 17.6. The first-order chi connectivity index (χ1) is 10.7. The van der Waals surface area contributed by atoms with Gasteiger partial charge in [0.2, 0.25) is 0 Å². The second kappa shape index (κ2) is 8.14. The number of carbonyl (C=O) groups is 2. The summed E-state index contributed by atoms with van der Waals surface area (Å²) in [4.78, 5) is 24.6. The van der Waals surface area contributed by atoms with E-state index in [1.54, 1.807) is 20.3 Å². The Labute approximate surface area is 139 Å². The first kappa shape index (κ1) is 19.2. The Morgan fingerprint density at radius 2 is 1.74 bits per heavy atom. The quantitative estimate of drug-likeness (QED) is 0.531. The summed E-state index contributed by atoms with van der Waals surface area (Å²) in [5.41, 5.74) is 0.934. The summed E-state index contributed by atoms with van der Waals surface area (Å²) in [6.45, 7) is 7.58. The number of ether oxygens (including phenoxy) is 2. The van der Waals surface area contributed by atoms with Crippen molar-refractivity contribution in [3.05, 3.63) is 23.3 Å². The van der Waals surface area contributed by atoms with Crippen LogP contribution in [-0.4, -0.2) is 25.8 Å². The molecule has 23 heavy (non-hydrogen) atoms. The standard InChI is InChI=1S/C19H28O4/c1-7-8-9-13-10-14(11-16(22-5)18(13)23-6)15(20)12-17(21)19(2,3)4/h10-11H,7-9,12H2,1-6H3. The highest BCUT2D eigenvalue weighted by atomic mass is 16.5. The van der Waals surface area contributed by atoms with Crippen LogP contribution in [0.2, 0.25) is 0 Å². The fourth-order valence-corrected chi connectivity index (χ4v) is 2.27.